The number of hydrogen-bond donors (Lipinski definition) is 2. The number of nitrogen functional groups attached to an aromatic ring is 1. The Morgan fingerprint density at radius 2 is 2.17 bits per heavy atom. The van der Waals surface area contributed by atoms with Crippen LogP contribution in [0, 0.1) is 0 Å². The maximum absolute atomic E-state index is 12.1. The van der Waals surface area contributed by atoms with Gasteiger partial charge in [-0.3, -0.25) is 4.79 Å². The topological polar surface area (TPSA) is 58.9 Å². The molecule has 0 saturated heterocycles. The average molecular weight is 239 g/mol. The Morgan fingerprint density at radius 1 is 1.58 bits per heavy atom. The molecule has 0 atom stereocenters. The zero-order valence-corrected chi connectivity index (χ0v) is 7.36. The van der Waals surface area contributed by atoms with Crippen molar-refractivity contribution in [3.8, 4) is 0 Å². The molecule has 1 aromatic rings. The lowest BCUT2D eigenvalue weighted by atomic mass is 10.3. The fraction of sp³-hybridized carbons (Fsp3) is 0.167. The monoisotopic (exact) mass is 238 g/mol. The van der Waals surface area contributed by atoms with Gasteiger partial charge in [0, 0.05) is 6.07 Å². The Labute approximate surface area is 74.7 Å². The van der Waals surface area contributed by atoms with Gasteiger partial charge in [0.2, 0.25) is 5.43 Å². The third-order valence-corrected chi connectivity index (χ3v) is 1.71. The second kappa shape index (κ2) is 3.22. The summed E-state index contributed by atoms with van der Waals surface area (Å²) in [5, 5.41) is 0. The number of pyridine rings is 1. The molecule has 3 N–H and O–H groups in total. The second-order valence-corrected chi connectivity index (χ2v) is 2.96. The van der Waals surface area contributed by atoms with Crippen molar-refractivity contribution in [3.05, 3.63) is 26.6 Å². The summed E-state index contributed by atoms with van der Waals surface area (Å²) in [6.07, 6.45) is -2.77. The number of rotatable bonds is 1. The first kappa shape index (κ1) is 9.18. The zero-order chi connectivity index (χ0) is 9.30. The van der Waals surface area contributed by atoms with E-state index in [1.807, 2.05) is 0 Å². The summed E-state index contributed by atoms with van der Waals surface area (Å²) in [6.45, 7) is 0. The summed E-state index contributed by atoms with van der Waals surface area (Å²) in [5.41, 5.74) is 3.51. The van der Waals surface area contributed by atoms with Gasteiger partial charge in [-0.25, -0.2) is 8.78 Å². The van der Waals surface area contributed by atoms with Crippen molar-refractivity contribution in [3.63, 3.8) is 0 Å². The molecule has 0 amide bonds. The van der Waals surface area contributed by atoms with E-state index in [1.165, 1.54) is 0 Å². The minimum Gasteiger partial charge on any atom is -0.394 e. The molecule has 0 spiro atoms. The summed E-state index contributed by atoms with van der Waals surface area (Å²) in [6, 6.07) is 1.10. The molecule has 0 radical (unpaired) electrons. The number of nitrogens with two attached hydrogens (primary N) is 1. The lowest BCUT2D eigenvalue weighted by molar-refractivity contribution is 0.146. The normalized spacial score (nSPS) is 10.7. The molecule has 0 aliphatic carbocycles. The van der Waals surface area contributed by atoms with Crippen LogP contribution in [0.2, 0.25) is 0 Å². The molecule has 12 heavy (non-hydrogen) atoms. The molecule has 0 fully saturated rings. The van der Waals surface area contributed by atoms with Crippen LogP contribution in [-0.4, -0.2) is 4.98 Å². The van der Waals surface area contributed by atoms with Gasteiger partial charge >= 0.3 is 0 Å². The van der Waals surface area contributed by atoms with Crippen LogP contribution in [0.1, 0.15) is 12.1 Å². The van der Waals surface area contributed by atoms with Crippen molar-refractivity contribution in [1.82, 2.24) is 4.98 Å². The van der Waals surface area contributed by atoms with E-state index in [9.17, 15) is 13.6 Å². The number of alkyl halides is 2. The Balaban J connectivity index is 3.38. The fourth-order valence-corrected chi connectivity index (χ4v) is 1.15. The number of aromatic amines is 1. The van der Waals surface area contributed by atoms with Crippen LogP contribution in [0.4, 0.5) is 14.5 Å². The Morgan fingerprint density at radius 3 is 2.67 bits per heavy atom. The minimum atomic E-state index is -2.77. The smallest absolute Gasteiger partial charge is 0.280 e. The quantitative estimate of drug-likeness (QED) is 0.732. The van der Waals surface area contributed by atoms with Crippen molar-refractivity contribution < 1.29 is 8.78 Å². The highest BCUT2D eigenvalue weighted by Gasteiger charge is 2.14. The zero-order valence-electron chi connectivity index (χ0n) is 5.77. The van der Waals surface area contributed by atoms with E-state index in [2.05, 4.69) is 20.9 Å². The molecular weight excluding hydrogens is 234 g/mol. The molecule has 0 aliphatic rings. The molecular formula is C6H5BrF2N2O. The highest BCUT2D eigenvalue weighted by atomic mass is 79.9. The number of halogens is 3. The molecule has 0 saturated carbocycles. The summed E-state index contributed by atoms with van der Waals surface area (Å²) in [4.78, 5) is 13.1. The van der Waals surface area contributed by atoms with E-state index in [1.54, 1.807) is 0 Å². The number of aromatic nitrogens is 1. The minimum absolute atomic E-state index is 0.192. The molecule has 6 heteroatoms. The van der Waals surface area contributed by atoms with Crippen molar-refractivity contribution in [2.24, 2.45) is 0 Å². The van der Waals surface area contributed by atoms with Crippen LogP contribution in [0.3, 0.4) is 0 Å². The first-order valence-corrected chi connectivity index (χ1v) is 3.78. The van der Waals surface area contributed by atoms with Crippen molar-refractivity contribution in [2.75, 3.05) is 5.73 Å². The number of hydrogen-bond acceptors (Lipinski definition) is 2. The third kappa shape index (κ3) is 1.63. The summed E-state index contributed by atoms with van der Waals surface area (Å²) in [5.74, 6) is 0. The lowest BCUT2D eigenvalue weighted by Crippen LogP contribution is -2.12. The van der Waals surface area contributed by atoms with E-state index in [0.717, 1.165) is 6.07 Å². The van der Waals surface area contributed by atoms with Gasteiger partial charge in [0.05, 0.1) is 4.60 Å². The molecule has 3 nitrogen and oxygen atoms in total. The fourth-order valence-electron chi connectivity index (χ4n) is 0.730. The van der Waals surface area contributed by atoms with Crippen LogP contribution in [0.15, 0.2) is 15.5 Å². The molecule has 66 valence electrons. The second-order valence-electron chi connectivity index (χ2n) is 2.11. The molecule has 1 aromatic heterocycles. The first-order valence-electron chi connectivity index (χ1n) is 2.98. The van der Waals surface area contributed by atoms with Crippen LogP contribution < -0.4 is 11.2 Å². The molecule has 1 rings (SSSR count). The van der Waals surface area contributed by atoms with Gasteiger partial charge in [0.1, 0.15) is 11.4 Å². The Bertz CT molecular complexity index is 350. The van der Waals surface area contributed by atoms with Gasteiger partial charge in [0.25, 0.3) is 6.43 Å². The SMILES string of the molecule is Nc1c(C(F)F)[nH]c(Br)cc1=O. The number of H-pyrrole nitrogens is 1. The average Bonchev–Trinajstić information content (AvgIpc) is 1.96. The summed E-state index contributed by atoms with van der Waals surface area (Å²) < 4.78 is 24.4. The van der Waals surface area contributed by atoms with E-state index >= 15 is 0 Å². The molecule has 0 aromatic carbocycles. The largest absolute Gasteiger partial charge is 0.394 e. The predicted molar refractivity (Wildman–Crippen MR) is 44.1 cm³/mol. The van der Waals surface area contributed by atoms with Gasteiger partial charge in [0.15, 0.2) is 0 Å². The third-order valence-electron chi connectivity index (χ3n) is 1.29. The molecule has 1 heterocycles. The predicted octanol–water partition coefficient (Wildman–Crippen LogP) is 1.66. The van der Waals surface area contributed by atoms with Crippen molar-refractivity contribution >= 4 is 21.6 Å². The van der Waals surface area contributed by atoms with Gasteiger partial charge < -0.3 is 10.7 Å². The highest BCUT2D eigenvalue weighted by molar-refractivity contribution is 9.10. The maximum atomic E-state index is 12.1. The van der Waals surface area contributed by atoms with Crippen LogP contribution in [0.25, 0.3) is 0 Å². The number of nitrogens with one attached hydrogen (secondary N) is 1. The summed E-state index contributed by atoms with van der Waals surface area (Å²) in [7, 11) is 0. The number of anilines is 1. The van der Waals surface area contributed by atoms with Gasteiger partial charge in [-0.15, -0.1) is 0 Å². The molecule has 0 aliphatic heterocycles. The van der Waals surface area contributed by atoms with E-state index in [4.69, 9.17) is 5.73 Å². The Kier molecular flexibility index (Phi) is 2.46. The maximum Gasteiger partial charge on any atom is 0.280 e. The van der Waals surface area contributed by atoms with Crippen molar-refractivity contribution in [1.29, 1.82) is 0 Å². The van der Waals surface area contributed by atoms with Crippen LogP contribution in [0.5, 0.6) is 0 Å². The standard InChI is InChI=1S/C6H5BrF2N2O/c7-3-1-2(12)4(10)5(11-3)6(8)9/h1,6H,10H2,(H,11,12). The van der Waals surface area contributed by atoms with E-state index in [-0.39, 0.29) is 4.60 Å². The van der Waals surface area contributed by atoms with Gasteiger partial charge in [-0.1, -0.05) is 0 Å². The summed E-state index contributed by atoms with van der Waals surface area (Å²) >= 11 is 2.87. The van der Waals surface area contributed by atoms with Gasteiger partial charge in [-0.2, -0.15) is 0 Å². The molecule has 0 bridgehead atoms. The molecule has 0 unspecified atom stereocenters. The van der Waals surface area contributed by atoms with E-state index in [0.29, 0.717) is 0 Å². The van der Waals surface area contributed by atoms with Gasteiger partial charge in [-0.05, 0) is 15.9 Å². The lowest BCUT2D eigenvalue weighted by Gasteiger charge is -2.03. The Hall–Kier alpha value is -0.910. The first-order chi connectivity index (χ1) is 5.52. The van der Waals surface area contributed by atoms with Crippen LogP contribution in [-0.2, 0) is 0 Å². The van der Waals surface area contributed by atoms with E-state index < -0.39 is 23.2 Å². The van der Waals surface area contributed by atoms with Crippen LogP contribution >= 0.6 is 15.9 Å². The van der Waals surface area contributed by atoms with Crippen molar-refractivity contribution in [2.45, 2.75) is 6.43 Å². The highest BCUT2D eigenvalue weighted by Crippen LogP contribution is 2.21.